The lowest BCUT2D eigenvalue weighted by Crippen LogP contribution is -2.01. The van der Waals surface area contributed by atoms with Gasteiger partial charge in [-0.2, -0.15) is 0 Å². The summed E-state index contributed by atoms with van der Waals surface area (Å²) in [7, 11) is 0. The molecule has 0 radical (unpaired) electrons. The molecule has 0 saturated carbocycles. The molecule has 0 fully saturated rings. The smallest absolute Gasteiger partial charge is 0.335 e. The molecule has 0 aliphatic rings. The lowest BCUT2D eigenvalue weighted by Gasteiger charge is -2.05. The van der Waals surface area contributed by atoms with E-state index >= 15 is 0 Å². The van der Waals surface area contributed by atoms with Gasteiger partial charge in [0.25, 0.3) is 0 Å². The summed E-state index contributed by atoms with van der Waals surface area (Å²) in [5, 5.41) is 10.3. The van der Waals surface area contributed by atoms with Gasteiger partial charge in [-0.1, -0.05) is 13.3 Å². The van der Waals surface area contributed by atoms with Crippen LogP contribution in [0, 0.1) is 6.92 Å². The lowest BCUT2D eigenvalue weighted by molar-refractivity contribution is 0.0696. The van der Waals surface area contributed by atoms with Crippen LogP contribution in [0.5, 0.6) is 0 Å². The van der Waals surface area contributed by atoms with Gasteiger partial charge in [-0.15, -0.1) is 0 Å². The third kappa shape index (κ3) is 3.77. The zero-order chi connectivity index (χ0) is 14.5. The van der Waals surface area contributed by atoms with Crippen LogP contribution < -0.4 is 0 Å². The van der Waals surface area contributed by atoms with Crippen LogP contribution in [-0.4, -0.2) is 26.0 Å². The molecule has 20 heavy (non-hydrogen) atoms. The Morgan fingerprint density at radius 2 is 2.15 bits per heavy atom. The highest BCUT2D eigenvalue weighted by Crippen LogP contribution is 2.24. The lowest BCUT2D eigenvalue weighted by atomic mass is 10.2. The fourth-order valence-electron chi connectivity index (χ4n) is 1.69. The molecule has 0 aliphatic heterocycles. The highest BCUT2D eigenvalue weighted by Gasteiger charge is 2.10. The molecule has 0 amide bonds. The minimum absolute atomic E-state index is 0.249. The summed E-state index contributed by atoms with van der Waals surface area (Å²) in [6.45, 7) is 3.92. The largest absolute Gasteiger partial charge is 0.478 e. The molecule has 0 aliphatic carbocycles. The first-order valence-corrected chi connectivity index (χ1v) is 7.12. The fraction of sp³-hybridized carbons (Fsp3) is 0.286. The molecule has 0 saturated heterocycles. The normalized spacial score (nSPS) is 10.5. The third-order valence-corrected chi connectivity index (χ3v) is 3.37. The van der Waals surface area contributed by atoms with E-state index < -0.39 is 5.97 Å². The summed E-state index contributed by atoms with van der Waals surface area (Å²) < 4.78 is 0. The van der Waals surface area contributed by atoms with E-state index in [-0.39, 0.29) is 5.56 Å². The molecule has 0 atom stereocenters. The maximum atomic E-state index is 11.1. The van der Waals surface area contributed by atoms with Crippen molar-refractivity contribution in [2.75, 3.05) is 0 Å². The summed E-state index contributed by atoms with van der Waals surface area (Å²) >= 11 is 1.28. The van der Waals surface area contributed by atoms with E-state index in [2.05, 4.69) is 15.0 Å². The second-order valence-corrected chi connectivity index (χ2v) is 5.31. The van der Waals surface area contributed by atoms with Gasteiger partial charge < -0.3 is 5.11 Å². The van der Waals surface area contributed by atoms with Gasteiger partial charge >= 0.3 is 5.97 Å². The Morgan fingerprint density at radius 3 is 2.80 bits per heavy atom. The summed E-state index contributed by atoms with van der Waals surface area (Å²) in [6, 6.07) is 4.98. The van der Waals surface area contributed by atoms with Gasteiger partial charge in [-0.3, -0.25) is 0 Å². The predicted octanol–water partition coefficient (Wildman–Crippen LogP) is 2.98. The number of carboxylic acids is 1. The zero-order valence-electron chi connectivity index (χ0n) is 11.3. The number of hydrogen-bond acceptors (Lipinski definition) is 5. The van der Waals surface area contributed by atoms with Crippen molar-refractivity contribution in [3.05, 3.63) is 41.3 Å². The van der Waals surface area contributed by atoms with Crippen molar-refractivity contribution >= 4 is 17.7 Å². The highest BCUT2D eigenvalue weighted by atomic mass is 32.2. The van der Waals surface area contributed by atoms with E-state index in [0.717, 1.165) is 24.2 Å². The summed E-state index contributed by atoms with van der Waals surface area (Å²) in [5.74, 6) is -0.947. The monoisotopic (exact) mass is 289 g/mol. The van der Waals surface area contributed by atoms with Gasteiger partial charge in [0.15, 0.2) is 5.16 Å². The zero-order valence-corrected chi connectivity index (χ0v) is 12.1. The van der Waals surface area contributed by atoms with Crippen molar-refractivity contribution in [2.45, 2.75) is 36.9 Å². The standard InChI is InChI=1S/C14H15N3O2S/c1-3-4-11-7-10(13(18)19)8-12(17-11)20-14-15-6-5-9(2)16-14/h5-8H,3-4H2,1-2H3,(H,18,19). The molecule has 2 aromatic heterocycles. The number of aromatic carboxylic acids is 1. The van der Waals surface area contributed by atoms with E-state index in [0.29, 0.717) is 10.2 Å². The number of rotatable bonds is 5. The molecule has 104 valence electrons. The number of carbonyl (C=O) groups is 1. The summed E-state index contributed by atoms with van der Waals surface area (Å²) in [5.41, 5.74) is 1.90. The molecule has 1 N–H and O–H groups in total. The second kappa shape index (κ2) is 6.47. The quantitative estimate of drug-likeness (QED) is 0.853. The van der Waals surface area contributed by atoms with Crippen molar-refractivity contribution in [1.29, 1.82) is 0 Å². The number of hydrogen-bond donors (Lipinski definition) is 1. The Kier molecular flexibility index (Phi) is 4.68. The molecule has 2 aromatic rings. The van der Waals surface area contributed by atoms with Gasteiger partial charge in [-0.25, -0.2) is 19.7 Å². The van der Waals surface area contributed by atoms with Crippen molar-refractivity contribution in [2.24, 2.45) is 0 Å². The molecule has 2 rings (SSSR count). The van der Waals surface area contributed by atoms with E-state index in [1.807, 2.05) is 19.9 Å². The minimum atomic E-state index is -0.947. The Morgan fingerprint density at radius 1 is 1.35 bits per heavy atom. The molecular weight excluding hydrogens is 274 g/mol. The molecule has 0 aromatic carbocycles. The van der Waals surface area contributed by atoms with Crippen LogP contribution in [0.15, 0.2) is 34.6 Å². The van der Waals surface area contributed by atoms with Gasteiger partial charge in [0, 0.05) is 17.6 Å². The Balaban J connectivity index is 2.32. The first-order chi connectivity index (χ1) is 9.58. The first kappa shape index (κ1) is 14.5. The minimum Gasteiger partial charge on any atom is -0.478 e. The molecule has 2 heterocycles. The van der Waals surface area contributed by atoms with Gasteiger partial charge in [0.05, 0.1) is 5.56 Å². The van der Waals surface area contributed by atoms with E-state index in [4.69, 9.17) is 5.11 Å². The van der Waals surface area contributed by atoms with Crippen LogP contribution in [-0.2, 0) is 6.42 Å². The molecule has 0 unspecified atom stereocenters. The molecule has 5 nitrogen and oxygen atoms in total. The topological polar surface area (TPSA) is 76.0 Å². The number of carboxylic acid groups (broad SMARTS) is 1. The first-order valence-electron chi connectivity index (χ1n) is 6.30. The van der Waals surface area contributed by atoms with Crippen LogP contribution in [0.2, 0.25) is 0 Å². The van der Waals surface area contributed by atoms with E-state index in [1.54, 1.807) is 18.3 Å². The van der Waals surface area contributed by atoms with E-state index in [1.165, 1.54) is 11.8 Å². The van der Waals surface area contributed by atoms with Crippen LogP contribution >= 0.6 is 11.8 Å². The molecular formula is C14H15N3O2S. The summed E-state index contributed by atoms with van der Waals surface area (Å²) in [4.78, 5) is 24.0. The third-order valence-electron chi connectivity index (χ3n) is 2.58. The van der Waals surface area contributed by atoms with Gasteiger partial charge in [-0.05, 0) is 43.3 Å². The maximum absolute atomic E-state index is 11.1. The fourth-order valence-corrected chi connectivity index (χ4v) is 2.53. The maximum Gasteiger partial charge on any atom is 0.335 e. The van der Waals surface area contributed by atoms with Crippen molar-refractivity contribution in [3.8, 4) is 0 Å². The Labute approximate surface area is 121 Å². The van der Waals surface area contributed by atoms with Crippen LogP contribution in [0.1, 0.15) is 35.1 Å². The average Bonchev–Trinajstić information content (AvgIpc) is 2.38. The molecule has 0 bridgehead atoms. The van der Waals surface area contributed by atoms with Gasteiger partial charge in [0.1, 0.15) is 5.03 Å². The predicted molar refractivity (Wildman–Crippen MR) is 76.1 cm³/mol. The van der Waals surface area contributed by atoms with Crippen LogP contribution in [0.25, 0.3) is 0 Å². The molecule has 0 spiro atoms. The number of pyridine rings is 1. The Hall–Kier alpha value is -1.95. The van der Waals surface area contributed by atoms with Crippen molar-refractivity contribution < 1.29 is 9.90 Å². The average molecular weight is 289 g/mol. The second-order valence-electron chi connectivity index (χ2n) is 4.32. The summed E-state index contributed by atoms with van der Waals surface area (Å²) in [6.07, 6.45) is 3.35. The van der Waals surface area contributed by atoms with E-state index in [9.17, 15) is 4.79 Å². The highest BCUT2D eigenvalue weighted by molar-refractivity contribution is 7.99. The molecule has 6 heteroatoms. The van der Waals surface area contributed by atoms with Crippen molar-refractivity contribution in [1.82, 2.24) is 15.0 Å². The Bertz CT molecular complexity index is 632. The number of nitrogens with zero attached hydrogens (tertiary/aromatic N) is 3. The van der Waals surface area contributed by atoms with Gasteiger partial charge in [0.2, 0.25) is 0 Å². The van der Waals surface area contributed by atoms with Crippen LogP contribution in [0.3, 0.4) is 0 Å². The number of aryl methyl sites for hydroxylation is 2. The number of aromatic nitrogens is 3. The SMILES string of the molecule is CCCc1cc(C(=O)O)cc(Sc2nccc(C)n2)n1. The van der Waals surface area contributed by atoms with Crippen LogP contribution in [0.4, 0.5) is 0 Å². The van der Waals surface area contributed by atoms with Crippen molar-refractivity contribution in [3.63, 3.8) is 0 Å².